The molecule has 0 radical (unpaired) electrons. The van der Waals surface area contributed by atoms with Crippen LogP contribution in [-0.4, -0.2) is 35.4 Å². The van der Waals surface area contributed by atoms with Gasteiger partial charge in [0.2, 0.25) is 0 Å². The number of carboxylic acids is 1. The number of aromatic nitrogens is 2. The number of alkyl halides is 1. The quantitative estimate of drug-likeness (QED) is 0.506. The van der Waals surface area contributed by atoms with Crippen LogP contribution in [-0.2, 0) is 0 Å². The Balaban J connectivity index is 0.00000128. The molecule has 1 aliphatic rings. The van der Waals surface area contributed by atoms with Gasteiger partial charge in [-0.3, -0.25) is 0 Å². The molecule has 0 unspecified atom stereocenters. The van der Waals surface area contributed by atoms with E-state index in [-0.39, 0.29) is 57.4 Å². The van der Waals surface area contributed by atoms with Crippen molar-refractivity contribution in [2.75, 3.05) is 18.0 Å². The topological polar surface area (TPSA) is 82.3 Å². The van der Waals surface area contributed by atoms with E-state index < -0.39 is 18.0 Å². The Morgan fingerprint density at radius 3 is 2.56 bits per heavy atom. The van der Waals surface area contributed by atoms with Crippen LogP contribution in [0.3, 0.4) is 0 Å². The molecule has 0 bridgehead atoms. The SMILES string of the molecule is O=C([O-])c1nnc(N2CCC(F)CC2)o1.[K+]. The maximum absolute atomic E-state index is 12.8. The summed E-state index contributed by atoms with van der Waals surface area (Å²) >= 11 is 0. The van der Waals surface area contributed by atoms with Crippen molar-refractivity contribution >= 4 is 12.0 Å². The van der Waals surface area contributed by atoms with Crippen molar-refractivity contribution in [2.24, 2.45) is 0 Å². The third-order valence-corrected chi connectivity index (χ3v) is 2.28. The van der Waals surface area contributed by atoms with Gasteiger partial charge in [0.25, 0.3) is 5.89 Å². The van der Waals surface area contributed by atoms with Crippen LogP contribution < -0.4 is 61.4 Å². The smallest absolute Gasteiger partial charge is 0.540 e. The molecule has 0 atom stereocenters. The van der Waals surface area contributed by atoms with Crippen LogP contribution in [0.5, 0.6) is 0 Å². The van der Waals surface area contributed by atoms with Gasteiger partial charge in [0.1, 0.15) is 12.1 Å². The maximum atomic E-state index is 12.8. The number of carboxylic acid groups (broad SMARTS) is 1. The third kappa shape index (κ3) is 3.23. The zero-order chi connectivity index (χ0) is 10.8. The molecule has 0 aromatic carbocycles. The molecule has 0 N–H and O–H groups in total. The summed E-state index contributed by atoms with van der Waals surface area (Å²) in [5.41, 5.74) is 0. The molecule has 2 heterocycles. The molecule has 0 saturated carbocycles. The van der Waals surface area contributed by atoms with Crippen LogP contribution in [0.2, 0.25) is 0 Å². The van der Waals surface area contributed by atoms with E-state index >= 15 is 0 Å². The summed E-state index contributed by atoms with van der Waals surface area (Å²) in [5.74, 6) is -2.05. The zero-order valence-corrected chi connectivity index (χ0v) is 12.0. The van der Waals surface area contributed by atoms with Gasteiger partial charge in [0.05, 0.1) is 0 Å². The van der Waals surface area contributed by atoms with Crippen LogP contribution in [0.1, 0.15) is 23.5 Å². The molecule has 6 nitrogen and oxygen atoms in total. The zero-order valence-electron chi connectivity index (χ0n) is 8.85. The van der Waals surface area contributed by atoms with E-state index in [0.29, 0.717) is 25.9 Å². The van der Waals surface area contributed by atoms with Gasteiger partial charge in [0, 0.05) is 13.1 Å². The minimum atomic E-state index is -1.51. The number of rotatable bonds is 2. The van der Waals surface area contributed by atoms with Crippen molar-refractivity contribution in [1.82, 2.24) is 10.2 Å². The van der Waals surface area contributed by atoms with Crippen LogP contribution in [0.4, 0.5) is 10.4 Å². The average molecular weight is 253 g/mol. The number of hydrogen-bond acceptors (Lipinski definition) is 6. The molecule has 1 saturated heterocycles. The molecule has 0 aliphatic carbocycles. The standard InChI is InChI=1S/C8H10FN3O3.K/c9-5-1-3-12(4-2-5)8-11-10-6(15-8)7(13)14;/h5H,1-4H2,(H,13,14);/q;+1/p-1. The first kappa shape index (κ1) is 14.0. The van der Waals surface area contributed by atoms with Gasteiger partial charge in [-0.25, -0.2) is 4.39 Å². The fourth-order valence-electron chi connectivity index (χ4n) is 1.47. The van der Waals surface area contributed by atoms with Crippen molar-refractivity contribution < 1.29 is 70.1 Å². The normalized spacial score (nSPS) is 16.9. The summed E-state index contributed by atoms with van der Waals surface area (Å²) in [6.07, 6.45) is -0.0173. The third-order valence-electron chi connectivity index (χ3n) is 2.28. The molecule has 1 aromatic heterocycles. The number of nitrogens with zero attached hydrogens (tertiary/aromatic N) is 3. The molecule has 2 rings (SSSR count). The number of halogens is 1. The monoisotopic (exact) mass is 253 g/mol. The fraction of sp³-hybridized carbons (Fsp3) is 0.625. The first-order valence-corrected chi connectivity index (χ1v) is 4.60. The first-order valence-electron chi connectivity index (χ1n) is 4.60. The summed E-state index contributed by atoms with van der Waals surface area (Å²) in [6.45, 7) is 0.908. The Hall–Kier alpha value is -0.0236. The van der Waals surface area contributed by atoms with Crippen molar-refractivity contribution in [3.63, 3.8) is 0 Å². The molecule has 8 heteroatoms. The van der Waals surface area contributed by atoms with Crippen LogP contribution in [0, 0.1) is 0 Å². The van der Waals surface area contributed by atoms with E-state index in [2.05, 4.69) is 10.2 Å². The number of aromatic carboxylic acids is 1. The molecular formula is C8H9FKN3O3. The minimum absolute atomic E-state index is 0. The van der Waals surface area contributed by atoms with Crippen LogP contribution in [0.25, 0.3) is 0 Å². The average Bonchev–Trinajstić information content (AvgIpc) is 2.68. The Morgan fingerprint density at radius 1 is 1.44 bits per heavy atom. The summed E-state index contributed by atoms with van der Waals surface area (Å²) in [4.78, 5) is 12.0. The molecule has 0 amide bonds. The van der Waals surface area contributed by atoms with Crippen molar-refractivity contribution in [3.8, 4) is 0 Å². The molecule has 1 aromatic rings. The number of anilines is 1. The van der Waals surface area contributed by atoms with Gasteiger partial charge in [0.15, 0.2) is 0 Å². The summed E-state index contributed by atoms with van der Waals surface area (Å²) in [6, 6.07) is 0.112. The van der Waals surface area contributed by atoms with E-state index in [9.17, 15) is 14.3 Å². The predicted molar refractivity (Wildman–Crippen MR) is 45.0 cm³/mol. The number of carbonyl (C=O) groups is 1. The molecule has 0 spiro atoms. The van der Waals surface area contributed by atoms with Crippen molar-refractivity contribution in [2.45, 2.75) is 19.0 Å². The van der Waals surface area contributed by atoms with E-state index in [1.165, 1.54) is 0 Å². The second-order valence-electron chi connectivity index (χ2n) is 3.34. The van der Waals surface area contributed by atoms with Gasteiger partial charge >= 0.3 is 57.4 Å². The largest absolute Gasteiger partial charge is 1.00 e. The van der Waals surface area contributed by atoms with E-state index in [1.54, 1.807) is 4.90 Å². The molecule has 82 valence electrons. The first-order chi connectivity index (χ1) is 7.16. The van der Waals surface area contributed by atoms with E-state index in [1.807, 2.05) is 0 Å². The van der Waals surface area contributed by atoms with Gasteiger partial charge in [-0.15, -0.1) is 5.10 Å². The second-order valence-corrected chi connectivity index (χ2v) is 3.34. The van der Waals surface area contributed by atoms with Crippen LogP contribution >= 0.6 is 0 Å². The number of carbonyl (C=O) groups excluding carboxylic acids is 1. The predicted octanol–water partition coefficient (Wildman–Crippen LogP) is -3.62. The van der Waals surface area contributed by atoms with Crippen molar-refractivity contribution in [1.29, 1.82) is 0 Å². The van der Waals surface area contributed by atoms with E-state index in [0.717, 1.165) is 0 Å². The molecular weight excluding hydrogens is 244 g/mol. The van der Waals surface area contributed by atoms with Crippen LogP contribution in [0.15, 0.2) is 4.42 Å². The Morgan fingerprint density at radius 2 is 2.06 bits per heavy atom. The Labute approximate surface area is 134 Å². The molecule has 1 aliphatic heterocycles. The van der Waals surface area contributed by atoms with Crippen molar-refractivity contribution in [3.05, 3.63) is 5.89 Å². The molecule has 16 heavy (non-hydrogen) atoms. The maximum Gasteiger partial charge on any atom is 1.00 e. The van der Waals surface area contributed by atoms with Gasteiger partial charge in [-0.1, -0.05) is 5.10 Å². The Kier molecular flexibility index (Phi) is 5.31. The number of piperidine rings is 1. The number of hydrogen-bond donors (Lipinski definition) is 0. The fourth-order valence-corrected chi connectivity index (χ4v) is 1.47. The summed E-state index contributed by atoms with van der Waals surface area (Å²) in [5, 5.41) is 17.2. The van der Waals surface area contributed by atoms with Gasteiger partial charge in [-0.2, -0.15) is 0 Å². The summed E-state index contributed by atoms with van der Waals surface area (Å²) < 4.78 is 17.6. The molecule has 1 fully saturated rings. The summed E-state index contributed by atoms with van der Waals surface area (Å²) in [7, 11) is 0. The van der Waals surface area contributed by atoms with Gasteiger partial charge < -0.3 is 19.2 Å². The second kappa shape index (κ2) is 6.06. The van der Waals surface area contributed by atoms with Gasteiger partial charge in [-0.05, 0) is 12.8 Å². The van der Waals surface area contributed by atoms with E-state index in [4.69, 9.17) is 4.42 Å². The Bertz CT molecular complexity index is 365. The minimum Gasteiger partial charge on any atom is -0.540 e.